The Morgan fingerprint density at radius 3 is 2.79 bits per heavy atom. The highest BCUT2D eigenvalue weighted by Gasteiger charge is 2.08. The van der Waals surface area contributed by atoms with Crippen LogP contribution in [0.25, 0.3) is 0 Å². The van der Waals surface area contributed by atoms with Crippen molar-refractivity contribution in [2.45, 2.75) is 19.9 Å². The van der Waals surface area contributed by atoms with Gasteiger partial charge in [-0.15, -0.1) is 0 Å². The lowest BCUT2D eigenvalue weighted by Crippen LogP contribution is -2.35. The van der Waals surface area contributed by atoms with Crippen molar-refractivity contribution < 1.29 is 9.53 Å². The van der Waals surface area contributed by atoms with E-state index in [0.29, 0.717) is 6.54 Å². The van der Waals surface area contributed by atoms with Crippen molar-refractivity contribution in [1.29, 1.82) is 0 Å². The summed E-state index contributed by atoms with van der Waals surface area (Å²) in [5, 5.41) is 2.87. The van der Waals surface area contributed by atoms with Gasteiger partial charge in [0, 0.05) is 13.1 Å². The summed E-state index contributed by atoms with van der Waals surface area (Å²) in [6, 6.07) is 5.94. The normalized spacial score (nSPS) is 10.6. The molecule has 106 valence electrons. The minimum atomic E-state index is 0.0666. The molecule has 1 aromatic carbocycles. The number of ether oxygens (including phenoxy) is 1. The van der Waals surface area contributed by atoms with Gasteiger partial charge in [-0.1, -0.05) is 13.0 Å². The van der Waals surface area contributed by atoms with Crippen molar-refractivity contribution in [2.75, 3.05) is 27.2 Å². The van der Waals surface area contributed by atoms with Crippen LogP contribution < -0.4 is 10.1 Å². The third kappa shape index (κ3) is 5.61. The molecule has 0 saturated carbocycles. The Balaban J connectivity index is 2.50. The number of likely N-dealkylation sites (N-methyl/N-ethyl adjacent to an activating group) is 1. The monoisotopic (exact) mass is 328 g/mol. The van der Waals surface area contributed by atoms with Gasteiger partial charge in [-0.3, -0.25) is 9.69 Å². The van der Waals surface area contributed by atoms with Crippen LogP contribution in [0.2, 0.25) is 0 Å². The fourth-order valence-electron chi connectivity index (χ4n) is 1.74. The zero-order valence-electron chi connectivity index (χ0n) is 11.7. The van der Waals surface area contributed by atoms with Gasteiger partial charge in [-0.25, -0.2) is 0 Å². The molecular weight excluding hydrogens is 308 g/mol. The second-order valence-electron chi connectivity index (χ2n) is 4.49. The number of methoxy groups -OCH3 is 1. The average molecular weight is 329 g/mol. The molecular formula is C14H21BrN2O2. The van der Waals surface area contributed by atoms with Crippen molar-refractivity contribution in [2.24, 2.45) is 0 Å². The maximum atomic E-state index is 11.6. The number of nitrogens with one attached hydrogen (secondary N) is 1. The molecule has 0 spiro atoms. The van der Waals surface area contributed by atoms with E-state index in [1.165, 1.54) is 0 Å². The zero-order valence-corrected chi connectivity index (χ0v) is 13.3. The van der Waals surface area contributed by atoms with Crippen molar-refractivity contribution >= 4 is 21.8 Å². The molecule has 0 heterocycles. The first-order valence-corrected chi connectivity index (χ1v) is 7.13. The summed E-state index contributed by atoms with van der Waals surface area (Å²) in [7, 11) is 3.58. The molecule has 0 bridgehead atoms. The van der Waals surface area contributed by atoms with Crippen molar-refractivity contribution in [3.05, 3.63) is 28.2 Å². The van der Waals surface area contributed by atoms with E-state index in [2.05, 4.69) is 21.2 Å². The molecule has 4 nitrogen and oxygen atoms in total. The molecule has 1 aromatic rings. The highest BCUT2D eigenvalue weighted by Crippen LogP contribution is 2.25. The van der Waals surface area contributed by atoms with E-state index in [9.17, 15) is 4.79 Å². The van der Waals surface area contributed by atoms with Crippen LogP contribution in [0.15, 0.2) is 22.7 Å². The van der Waals surface area contributed by atoms with Crippen LogP contribution in [0, 0.1) is 0 Å². The van der Waals surface area contributed by atoms with Crippen molar-refractivity contribution in [3.8, 4) is 5.75 Å². The number of rotatable bonds is 7. The summed E-state index contributed by atoms with van der Waals surface area (Å²) >= 11 is 3.46. The van der Waals surface area contributed by atoms with Crippen LogP contribution in [-0.4, -0.2) is 38.1 Å². The Kier molecular flexibility index (Phi) is 6.87. The number of amides is 1. The van der Waals surface area contributed by atoms with Gasteiger partial charge in [0.2, 0.25) is 5.91 Å². The zero-order chi connectivity index (χ0) is 14.3. The summed E-state index contributed by atoms with van der Waals surface area (Å²) in [5.74, 6) is 0.879. The van der Waals surface area contributed by atoms with Gasteiger partial charge < -0.3 is 10.1 Å². The van der Waals surface area contributed by atoms with Crippen LogP contribution in [0.1, 0.15) is 18.9 Å². The summed E-state index contributed by atoms with van der Waals surface area (Å²) in [4.78, 5) is 13.6. The van der Waals surface area contributed by atoms with E-state index in [1.54, 1.807) is 7.11 Å². The second-order valence-corrected chi connectivity index (χ2v) is 5.35. The lowest BCUT2D eigenvalue weighted by atomic mass is 10.2. The Labute approximate surface area is 123 Å². The number of hydrogen-bond donors (Lipinski definition) is 1. The van der Waals surface area contributed by atoms with Crippen molar-refractivity contribution in [3.63, 3.8) is 0 Å². The minimum absolute atomic E-state index is 0.0666. The molecule has 0 aliphatic rings. The summed E-state index contributed by atoms with van der Waals surface area (Å²) < 4.78 is 6.12. The molecule has 1 rings (SSSR count). The smallest absolute Gasteiger partial charge is 0.234 e. The number of benzene rings is 1. The van der Waals surface area contributed by atoms with Crippen LogP contribution in [0.4, 0.5) is 0 Å². The lowest BCUT2D eigenvalue weighted by molar-refractivity contribution is -0.122. The maximum absolute atomic E-state index is 11.6. The predicted molar refractivity (Wildman–Crippen MR) is 80.3 cm³/mol. The minimum Gasteiger partial charge on any atom is -0.496 e. The first-order valence-electron chi connectivity index (χ1n) is 6.34. The molecule has 0 fully saturated rings. The molecule has 19 heavy (non-hydrogen) atoms. The number of halogens is 1. The fraction of sp³-hybridized carbons (Fsp3) is 0.500. The standard InChI is InChI=1S/C14H21BrN2O2/c1-4-7-16-14(18)10-17(2)9-11-5-6-13(19-3)12(15)8-11/h5-6,8H,4,7,9-10H2,1-3H3,(H,16,18). The first kappa shape index (κ1) is 16.0. The first-order chi connectivity index (χ1) is 9.06. The quantitative estimate of drug-likeness (QED) is 0.835. The predicted octanol–water partition coefficient (Wildman–Crippen LogP) is 2.42. The molecule has 0 atom stereocenters. The molecule has 1 amide bonds. The highest BCUT2D eigenvalue weighted by molar-refractivity contribution is 9.10. The maximum Gasteiger partial charge on any atom is 0.234 e. The van der Waals surface area contributed by atoms with Gasteiger partial charge in [0.05, 0.1) is 18.1 Å². The number of carbonyl (C=O) groups excluding carboxylic acids is 1. The molecule has 0 radical (unpaired) electrons. The van der Waals surface area contributed by atoms with E-state index in [0.717, 1.165) is 35.3 Å². The van der Waals surface area contributed by atoms with Gasteiger partial charge in [0.15, 0.2) is 0 Å². The van der Waals surface area contributed by atoms with Crippen molar-refractivity contribution in [1.82, 2.24) is 10.2 Å². The van der Waals surface area contributed by atoms with Crippen LogP contribution >= 0.6 is 15.9 Å². The van der Waals surface area contributed by atoms with E-state index < -0.39 is 0 Å². The van der Waals surface area contributed by atoms with Crippen LogP contribution in [0.3, 0.4) is 0 Å². The van der Waals surface area contributed by atoms with Gasteiger partial charge >= 0.3 is 0 Å². The Morgan fingerprint density at radius 1 is 1.47 bits per heavy atom. The number of nitrogens with zero attached hydrogens (tertiary/aromatic N) is 1. The van der Waals surface area contributed by atoms with Gasteiger partial charge in [-0.2, -0.15) is 0 Å². The van der Waals surface area contributed by atoms with Crippen LogP contribution in [-0.2, 0) is 11.3 Å². The Morgan fingerprint density at radius 2 is 2.21 bits per heavy atom. The SMILES string of the molecule is CCCNC(=O)CN(C)Cc1ccc(OC)c(Br)c1. The molecule has 0 saturated heterocycles. The summed E-state index contributed by atoms with van der Waals surface area (Å²) in [6.07, 6.45) is 0.959. The largest absolute Gasteiger partial charge is 0.496 e. The van der Waals surface area contributed by atoms with E-state index in [4.69, 9.17) is 4.74 Å². The Bertz CT molecular complexity index is 424. The molecule has 0 unspecified atom stereocenters. The number of hydrogen-bond acceptors (Lipinski definition) is 3. The lowest BCUT2D eigenvalue weighted by Gasteiger charge is -2.17. The van der Waals surface area contributed by atoms with E-state index in [1.807, 2.05) is 37.1 Å². The van der Waals surface area contributed by atoms with Gasteiger partial charge in [0.25, 0.3) is 0 Å². The van der Waals surface area contributed by atoms with Gasteiger partial charge in [-0.05, 0) is 47.1 Å². The molecule has 0 aliphatic heterocycles. The second kappa shape index (κ2) is 8.17. The van der Waals surface area contributed by atoms with E-state index in [-0.39, 0.29) is 5.91 Å². The molecule has 1 N–H and O–H groups in total. The summed E-state index contributed by atoms with van der Waals surface area (Å²) in [5.41, 5.74) is 1.14. The third-order valence-corrected chi connectivity index (χ3v) is 3.27. The fourth-order valence-corrected chi connectivity index (χ4v) is 2.33. The summed E-state index contributed by atoms with van der Waals surface area (Å²) in [6.45, 7) is 3.91. The molecule has 5 heteroatoms. The topological polar surface area (TPSA) is 41.6 Å². The molecule has 0 aromatic heterocycles. The molecule has 0 aliphatic carbocycles. The van der Waals surface area contributed by atoms with Gasteiger partial charge in [0.1, 0.15) is 5.75 Å². The van der Waals surface area contributed by atoms with E-state index >= 15 is 0 Å². The average Bonchev–Trinajstić information content (AvgIpc) is 2.36. The third-order valence-electron chi connectivity index (χ3n) is 2.65. The van der Waals surface area contributed by atoms with Crippen LogP contribution in [0.5, 0.6) is 5.75 Å². The number of carbonyl (C=O) groups is 1. The highest BCUT2D eigenvalue weighted by atomic mass is 79.9. The Hall–Kier alpha value is -1.07.